The van der Waals surface area contributed by atoms with Crippen molar-refractivity contribution in [3.05, 3.63) is 33.8 Å². The van der Waals surface area contributed by atoms with Crippen molar-refractivity contribution < 1.29 is 0 Å². The Morgan fingerprint density at radius 1 is 1.14 bits per heavy atom. The number of hydrogen-bond acceptors (Lipinski definition) is 3. The number of nitrogens with two attached hydrogens (primary N) is 1. The van der Waals surface area contributed by atoms with E-state index in [1.165, 1.54) is 0 Å². The minimum Gasteiger partial charge on any atom is -0.385 e. The number of rotatable bonds is 1. The molecule has 1 aliphatic rings. The van der Waals surface area contributed by atoms with Gasteiger partial charge in [-0.2, -0.15) is 5.10 Å². The van der Waals surface area contributed by atoms with Crippen molar-refractivity contribution in [2.24, 2.45) is 15.9 Å². The number of hydrogen-bond donors (Lipinski definition) is 1. The van der Waals surface area contributed by atoms with Crippen molar-refractivity contribution in [1.82, 2.24) is 0 Å². The van der Waals surface area contributed by atoms with E-state index < -0.39 is 0 Å². The van der Waals surface area contributed by atoms with Crippen LogP contribution in [-0.2, 0) is 0 Å². The van der Waals surface area contributed by atoms with Crippen LogP contribution in [0.2, 0.25) is 10.0 Å². The molecule has 0 fully saturated rings. The van der Waals surface area contributed by atoms with Gasteiger partial charge in [0.1, 0.15) is 5.84 Å². The van der Waals surface area contributed by atoms with Crippen LogP contribution >= 0.6 is 23.2 Å². The highest BCUT2D eigenvalue weighted by Gasteiger charge is 2.12. The molecule has 0 saturated heterocycles. The molecule has 1 aliphatic heterocycles. The second-order valence-electron chi connectivity index (χ2n) is 2.94. The lowest BCUT2D eigenvalue weighted by molar-refractivity contribution is 1.26. The van der Waals surface area contributed by atoms with Crippen LogP contribution < -0.4 is 5.73 Å². The Morgan fingerprint density at radius 2 is 1.93 bits per heavy atom. The van der Waals surface area contributed by atoms with Crippen LogP contribution in [0.5, 0.6) is 0 Å². The van der Waals surface area contributed by atoms with Gasteiger partial charge in [-0.3, -0.25) is 0 Å². The van der Waals surface area contributed by atoms with Crippen molar-refractivity contribution in [1.29, 1.82) is 0 Å². The third-order valence-corrected chi connectivity index (χ3v) is 2.64. The first-order valence-electron chi connectivity index (χ1n) is 4.01. The van der Waals surface area contributed by atoms with Crippen molar-refractivity contribution in [3.8, 4) is 0 Å². The van der Waals surface area contributed by atoms with Gasteiger partial charge in [-0.25, -0.2) is 0 Å². The van der Waals surface area contributed by atoms with Gasteiger partial charge in [-0.05, 0) is 17.7 Å². The summed E-state index contributed by atoms with van der Waals surface area (Å²) in [7, 11) is 0. The second kappa shape index (κ2) is 3.59. The first kappa shape index (κ1) is 9.49. The molecule has 2 N–H and O–H groups in total. The Kier molecular flexibility index (Phi) is 2.44. The van der Waals surface area contributed by atoms with Crippen LogP contribution in [0.4, 0.5) is 0 Å². The van der Waals surface area contributed by atoms with E-state index in [1.54, 1.807) is 12.1 Å². The first-order chi connectivity index (χ1) is 6.66. The molecule has 1 aromatic rings. The Balaban J connectivity index is 2.31. The van der Waals surface area contributed by atoms with Crippen molar-refractivity contribution in [3.63, 3.8) is 0 Å². The quantitative estimate of drug-likeness (QED) is 0.788. The molecule has 0 atom stereocenters. The summed E-state index contributed by atoms with van der Waals surface area (Å²) in [4.78, 5) is 0. The minimum absolute atomic E-state index is 0.511. The van der Waals surface area contributed by atoms with Crippen LogP contribution in [-0.4, -0.2) is 11.5 Å². The van der Waals surface area contributed by atoms with E-state index in [-0.39, 0.29) is 0 Å². The van der Waals surface area contributed by atoms with E-state index in [1.807, 2.05) is 6.07 Å². The van der Waals surface area contributed by atoms with E-state index in [2.05, 4.69) is 10.2 Å². The van der Waals surface area contributed by atoms with E-state index in [0.29, 0.717) is 22.3 Å². The minimum atomic E-state index is 0.511. The third kappa shape index (κ3) is 1.74. The summed E-state index contributed by atoms with van der Waals surface area (Å²) < 4.78 is 0. The Hall–Kier alpha value is -1.06. The fraction of sp³-hybridized carbons (Fsp3) is 0.111. The van der Waals surface area contributed by atoms with Crippen LogP contribution in [0.25, 0.3) is 0 Å². The maximum Gasteiger partial charge on any atom is 0.128 e. The highest BCUT2D eigenvalue weighted by molar-refractivity contribution is 6.42. The van der Waals surface area contributed by atoms with Gasteiger partial charge in [0.25, 0.3) is 0 Å². The van der Waals surface area contributed by atoms with Gasteiger partial charge in [0.2, 0.25) is 0 Å². The molecule has 0 radical (unpaired) electrons. The fourth-order valence-corrected chi connectivity index (χ4v) is 1.50. The van der Waals surface area contributed by atoms with Crippen molar-refractivity contribution >= 4 is 34.7 Å². The lowest BCUT2D eigenvalue weighted by Crippen LogP contribution is -2.12. The molecule has 0 amide bonds. The average Bonchev–Trinajstić information content (AvgIpc) is 2.57. The Morgan fingerprint density at radius 3 is 2.50 bits per heavy atom. The maximum absolute atomic E-state index is 5.87. The predicted octanol–water partition coefficient (Wildman–Crippen LogP) is 2.46. The topological polar surface area (TPSA) is 50.7 Å². The molecular formula is C9H7Cl2N3. The van der Waals surface area contributed by atoms with Crippen molar-refractivity contribution in [2.45, 2.75) is 6.42 Å². The molecule has 3 nitrogen and oxygen atoms in total. The number of benzene rings is 1. The van der Waals surface area contributed by atoms with Crippen molar-refractivity contribution in [2.75, 3.05) is 0 Å². The lowest BCUT2D eigenvalue weighted by Gasteiger charge is -2.01. The Bertz CT molecular complexity index is 438. The molecule has 72 valence electrons. The van der Waals surface area contributed by atoms with Crippen LogP contribution in [0, 0.1) is 0 Å². The van der Waals surface area contributed by atoms with Crippen LogP contribution in [0.1, 0.15) is 12.0 Å². The van der Waals surface area contributed by atoms with Gasteiger partial charge in [0, 0.05) is 0 Å². The normalized spacial score (nSPS) is 15.3. The summed E-state index contributed by atoms with van der Waals surface area (Å²) in [5.74, 6) is 0.520. The van der Waals surface area contributed by atoms with Crippen LogP contribution in [0.3, 0.4) is 0 Å². The number of amidine groups is 1. The molecule has 0 saturated carbocycles. The van der Waals surface area contributed by atoms with E-state index in [0.717, 1.165) is 11.3 Å². The molecule has 0 aliphatic carbocycles. The summed E-state index contributed by atoms with van der Waals surface area (Å²) in [6, 6.07) is 5.34. The molecule has 0 bridgehead atoms. The summed E-state index contributed by atoms with van der Waals surface area (Å²) in [6.07, 6.45) is 0.567. The lowest BCUT2D eigenvalue weighted by atomic mass is 10.1. The highest BCUT2D eigenvalue weighted by Crippen LogP contribution is 2.24. The number of halogens is 2. The van der Waals surface area contributed by atoms with Gasteiger partial charge >= 0.3 is 0 Å². The molecule has 1 aromatic carbocycles. The van der Waals surface area contributed by atoms with E-state index in [9.17, 15) is 0 Å². The van der Waals surface area contributed by atoms with E-state index in [4.69, 9.17) is 28.9 Å². The molecule has 0 unspecified atom stereocenters. The predicted molar refractivity (Wildman–Crippen MR) is 59.2 cm³/mol. The fourth-order valence-electron chi connectivity index (χ4n) is 1.20. The smallest absolute Gasteiger partial charge is 0.128 e. The van der Waals surface area contributed by atoms with Gasteiger partial charge in [-0.15, -0.1) is 5.10 Å². The molecule has 2 rings (SSSR count). The average molecular weight is 228 g/mol. The standard InChI is InChI=1S/C9H7Cl2N3/c10-6-2-1-5(3-7(6)11)8-4-9(12)14-13-8/h1-3H,4H2,(H2,12,14). The van der Waals surface area contributed by atoms with Gasteiger partial charge < -0.3 is 5.73 Å². The summed E-state index contributed by atoms with van der Waals surface area (Å²) in [5, 5.41) is 8.73. The molecule has 0 spiro atoms. The summed E-state index contributed by atoms with van der Waals surface area (Å²) >= 11 is 11.7. The van der Waals surface area contributed by atoms with Gasteiger partial charge in [0.15, 0.2) is 0 Å². The zero-order chi connectivity index (χ0) is 10.1. The van der Waals surface area contributed by atoms with E-state index >= 15 is 0 Å². The van der Waals surface area contributed by atoms with Gasteiger partial charge in [-0.1, -0.05) is 29.3 Å². The monoisotopic (exact) mass is 227 g/mol. The van der Waals surface area contributed by atoms with Crippen LogP contribution in [0.15, 0.2) is 28.4 Å². The summed E-state index contributed by atoms with van der Waals surface area (Å²) in [6.45, 7) is 0. The summed E-state index contributed by atoms with van der Waals surface area (Å²) in [5.41, 5.74) is 7.23. The van der Waals surface area contributed by atoms with Gasteiger partial charge in [0.05, 0.1) is 22.2 Å². The largest absolute Gasteiger partial charge is 0.385 e. The highest BCUT2D eigenvalue weighted by atomic mass is 35.5. The Labute approximate surface area is 91.2 Å². The molecule has 14 heavy (non-hydrogen) atoms. The molecular weight excluding hydrogens is 221 g/mol. The third-order valence-electron chi connectivity index (χ3n) is 1.90. The SMILES string of the molecule is NC1=NN=C(c2ccc(Cl)c(Cl)c2)C1. The maximum atomic E-state index is 5.87. The zero-order valence-corrected chi connectivity index (χ0v) is 8.68. The molecule has 5 heteroatoms. The zero-order valence-electron chi connectivity index (χ0n) is 7.17. The molecule has 0 aromatic heterocycles. The number of nitrogens with zero attached hydrogens (tertiary/aromatic N) is 2. The first-order valence-corrected chi connectivity index (χ1v) is 4.76. The second-order valence-corrected chi connectivity index (χ2v) is 3.76. The molecule has 1 heterocycles.